The molecule has 2 heterocycles. The quantitative estimate of drug-likeness (QED) is 0.328. The third kappa shape index (κ3) is 4.28. The molecule has 0 spiro atoms. The summed E-state index contributed by atoms with van der Waals surface area (Å²) in [5.41, 5.74) is 9.77. The third-order valence-corrected chi connectivity index (χ3v) is 7.76. The zero-order chi connectivity index (χ0) is 25.5. The number of hydrogen-bond donors (Lipinski definition) is 1. The molecule has 0 bridgehead atoms. The summed E-state index contributed by atoms with van der Waals surface area (Å²) in [6.45, 7) is 6.24. The van der Waals surface area contributed by atoms with E-state index in [1.54, 1.807) is 28.9 Å². The van der Waals surface area contributed by atoms with Crippen LogP contribution in [0.25, 0.3) is 16.9 Å². The Bertz CT molecular complexity index is 1410. The molecule has 1 saturated carbocycles. The Labute approximate surface area is 210 Å². The lowest BCUT2D eigenvalue weighted by atomic mass is 9.73. The number of imidazole rings is 1. The van der Waals surface area contributed by atoms with Gasteiger partial charge in [-0.3, -0.25) is 4.79 Å². The minimum atomic E-state index is -0.477. The van der Waals surface area contributed by atoms with Crippen molar-refractivity contribution in [2.24, 2.45) is 11.1 Å². The van der Waals surface area contributed by atoms with Crippen LogP contribution < -0.4 is 10.5 Å². The second-order valence-corrected chi connectivity index (χ2v) is 10.1. The maximum atomic E-state index is 13.4. The number of hydrogen-bond acceptors (Lipinski definition) is 5. The van der Waals surface area contributed by atoms with E-state index in [-0.39, 0.29) is 24.1 Å². The fourth-order valence-corrected chi connectivity index (χ4v) is 4.99. The number of Topliss-reactive ketones (excluding diaryl/α,β-unsaturated/α-hetero) is 1. The molecule has 1 aliphatic rings. The Balaban J connectivity index is 1.35. The van der Waals surface area contributed by atoms with Crippen LogP contribution in [0.2, 0.25) is 0 Å². The molecular weight excluding hydrogens is 455 g/mol. The topological polar surface area (TPSA) is 82.5 Å². The van der Waals surface area contributed by atoms with Crippen LogP contribution in [0.4, 0.5) is 4.39 Å². The highest BCUT2D eigenvalue weighted by Crippen LogP contribution is 2.57. The number of rotatable bonds is 9. The Kier molecular flexibility index (Phi) is 6.12. The van der Waals surface area contributed by atoms with E-state index in [1.165, 1.54) is 12.1 Å². The van der Waals surface area contributed by atoms with Gasteiger partial charge in [0.1, 0.15) is 18.2 Å². The van der Waals surface area contributed by atoms with E-state index in [0.717, 1.165) is 41.6 Å². The molecule has 36 heavy (non-hydrogen) atoms. The Morgan fingerprint density at radius 2 is 1.94 bits per heavy atom. The normalized spacial score (nSPS) is 16.9. The first-order valence-electron chi connectivity index (χ1n) is 12.4. The number of nitrogens with zero attached hydrogens (tertiary/aromatic N) is 3. The summed E-state index contributed by atoms with van der Waals surface area (Å²) in [7, 11) is 0. The first kappa shape index (κ1) is 24.1. The monoisotopic (exact) mass is 486 g/mol. The molecule has 2 atom stereocenters. The van der Waals surface area contributed by atoms with Crippen LogP contribution in [0.3, 0.4) is 0 Å². The summed E-state index contributed by atoms with van der Waals surface area (Å²) < 4.78 is 21.0. The third-order valence-electron chi connectivity index (χ3n) is 7.76. The maximum absolute atomic E-state index is 13.4. The average Bonchev–Trinajstić information content (AvgIpc) is 3.61. The van der Waals surface area contributed by atoms with Crippen molar-refractivity contribution < 1.29 is 13.9 Å². The number of aromatic nitrogens is 3. The summed E-state index contributed by atoms with van der Waals surface area (Å²) in [5, 5.41) is 4.58. The lowest BCUT2D eigenvalue weighted by Gasteiger charge is -2.34. The van der Waals surface area contributed by atoms with Crippen molar-refractivity contribution in [1.82, 2.24) is 14.6 Å². The summed E-state index contributed by atoms with van der Waals surface area (Å²) >= 11 is 0. The van der Waals surface area contributed by atoms with Crippen LogP contribution in [0.1, 0.15) is 57.1 Å². The predicted octanol–water partition coefficient (Wildman–Crippen LogP) is 5.69. The number of halogens is 1. The van der Waals surface area contributed by atoms with E-state index < -0.39 is 11.0 Å². The van der Waals surface area contributed by atoms with Crippen LogP contribution in [-0.2, 0) is 11.4 Å². The summed E-state index contributed by atoms with van der Waals surface area (Å²) in [5.74, 6) is 0.126. The van der Waals surface area contributed by atoms with Crippen molar-refractivity contribution >= 4 is 11.4 Å². The van der Waals surface area contributed by atoms with Crippen molar-refractivity contribution in [3.05, 3.63) is 83.8 Å². The maximum Gasteiger partial charge on any atom is 0.232 e. The second kappa shape index (κ2) is 9.13. The molecule has 2 aromatic heterocycles. The van der Waals surface area contributed by atoms with Gasteiger partial charge in [-0.15, -0.1) is 5.10 Å². The van der Waals surface area contributed by atoms with Gasteiger partial charge in [0.15, 0.2) is 5.65 Å². The Hall–Kier alpha value is -3.58. The van der Waals surface area contributed by atoms with Crippen molar-refractivity contribution in [1.29, 1.82) is 0 Å². The minimum Gasteiger partial charge on any atom is -0.472 e. The van der Waals surface area contributed by atoms with Crippen LogP contribution in [0, 0.1) is 11.2 Å². The molecule has 2 unspecified atom stereocenters. The summed E-state index contributed by atoms with van der Waals surface area (Å²) in [6, 6.07) is 17.9. The van der Waals surface area contributed by atoms with Crippen molar-refractivity contribution in [2.75, 3.05) is 0 Å². The molecule has 5 rings (SSSR count). The van der Waals surface area contributed by atoms with Gasteiger partial charge >= 0.3 is 0 Å². The van der Waals surface area contributed by atoms with E-state index in [4.69, 9.17) is 10.5 Å². The van der Waals surface area contributed by atoms with Gasteiger partial charge in [-0.05, 0) is 55.5 Å². The molecule has 6 nitrogen and oxygen atoms in total. The molecule has 0 radical (unpaired) electrons. The number of ether oxygens (including phenoxy) is 1. The molecule has 2 N–H and O–H groups in total. The van der Waals surface area contributed by atoms with Gasteiger partial charge < -0.3 is 10.5 Å². The fourth-order valence-electron chi connectivity index (χ4n) is 4.99. The predicted molar refractivity (Wildman–Crippen MR) is 137 cm³/mol. The van der Waals surface area contributed by atoms with Crippen molar-refractivity contribution in [3.63, 3.8) is 0 Å². The SMILES string of the molecule is CCC(C)(N)C1(C(=O)C(C)c2ccc(-c3cnc4ccc(OCc5cccc(F)c5)nn34)cc2)CC1. The second-order valence-electron chi connectivity index (χ2n) is 10.1. The smallest absolute Gasteiger partial charge is 0.232 e. The lowest BCUT2D eigenvalue weighted by Crippen LogP contribution is -2.50. The largest absolute Gasteiger partial charge is 0.472 e. The molecular formula is C29H31FN4O2. The fraction of sp³-hybridized carbons (Fsp3) is 0.345. The highest BCUT2D eigenvalue weighted by molar-refractivity contribution is 5.94. The Morgan fingerprint density at radius 1 is 1.19 bits per heavy atom. The van der Waals surface area contributed by atoms with Gasteiger partial charge in [0, 0.05) is 28.5 Å². The number of ketones is 1. The van der Waals surface area contributed by atoms with Crippen LogP contribution >= 0.6 is 0 Å². The number of carbonyl (C=O) groups is 1. The van der Waals surface area contributed by atoms with Crippen LogP contribution in [0.15, 0.2) is 66.9 Å². The van der Waals surface area contributed by atoms with Gasteiger partial charge in [0.25, 0.3) is 0 Å². The van der Waals surface area contributed by atoms with Gasteiger partial charge in [-0.2, -0.15) is 0 Å². The molecule has 4 aromatic rings. The van der Waals surface area contributed by atoms with Gasteiger partial charge in [0.2, 0.25) is 5.88 Å². The zero-order valence-electron chi connectivity index (χ0n) is 20.9. The van der Waals surface area contributed by atoms with Crippen LogP contribution in [0.5, 0.6) is 5.88 Å². The van der Waals surface area contributed by atoms with E-state index >= 15 is 0 Å². The van der Waals surface area contributed by atoms with Gasteiger partial charge in [-0.1, -0.05) is 50.2 Å². The molecule has 1 aliphatic carbocycles. The molecule has 7 heteroatoms. The van der Waals surface area contributed by atoms with E-state index in [1.807, 2.05) is 44.2 Å². The highest BCUT2D eigenvalue weighted by atomic mass is 19.1. The first-order valence-corrected chi connectivity index (χ1v) is 12.4. The summed E-state index contributed by atoms with van der Waals surface area (Å²) in [4.78, 5) is 17.9. The Morgan fingerprint density at radius 3 is 2.61 bits per heavy atom. The minimum absolute atomic E-state index is 0.211. The molecule has 1 fully saturated rings. The van der Waals surface area contributed by atoms with Crippen molar-refractivity contribution in [2.45, 2.75) is 58.1 Å². The van der Waals surface area contributed by atoms with Crippen LogP contribution in [-0.4, -0.2) is 25.9 Å². The first-order chi connectivity index (χ1) is 17.2. The van der Waals surface area contributed by atoms with E-state index in [9.17, 15) is 9.18 Å². The van der Waals surface area contributed by atoms with E-state index in [2.05, 4.69) is 17.0 Å². The number of nitrogens with two attached hydrogens (primary N) is 1. The molecule has 0 amide bonds. The lowest BCUT2D eigenvalue weighted by molar-refractivity contribution is -0.127. The van der Waals surface area contributed by atoms with Gasteiger partial charge in [0.05, 0.1) is 11.9 Å². The zero-order valence-corrected chi connectivity index (χ0v) is 20.9. The number of fused-ring (bicyclic) bond motifs is 1. The number of carbonyl (C=O) groups excluding carboxylic acids is 1. The average molecular weight is 487 g/mol. The van der Waals surface area contributed by atoms with Crippen molar-refractivity contribution in [3.8, 4) is 17.1 Å². The molecule has 0 saturated heterocycles. The molecule has 2 aromatic carbocycles. The standard InChI is InChI=1S/C29H31FN4O2/c1-4-28(3,31)29(14-15-29)27(35)19(2)21-8-10-22(11-9-21)24-17-32-25-12-13-26(33-34(24)25)36-18-20-6-5-7-23(30)16-20/h5-13,16-17,19H,4,14-15,18,31H2,1-3H3. The summed E-state index contributed by atoms with van der Waals surface area (Å²) in [6.07, 6.45) is 4.28. The molecule has 186 valence electrons. The molecule has 0 aliphatic heterocycles. The highest BCUT2D eigenvalue weighted by Gasteiger charge is 2.60. The number of benzene rings is 2. The van der Waals surface area contributed by atoms with E-state index in [0.29, 0.717) is 11.5 Å². The van der Waals surface area contributed by atoms with Gasteiger partial charge in [-0.25, -0.2) is 13.9 Å².